The molecule has 25 heavy (non-hydrogen) atoms. The maximum absolute atomic E-state index is 12.4. The molecule has 7 nitrogen and oxygen atoms in total. The zero-order valence-electron chi connectivity index (χ0n) is 14.4. The number of nitrogens with zero attached hydrogens (tertiary/aromatic N) is 2. The predicted octanol–water partition coefficient (Wildman–Crippen LogP) is 1.43. The smallest absolute Gasteiger partial charge is 0.252 e. The highest BCUT2D eigenvalue weighted by Crippen LogP contribution is 2.28. The lowest BCUT2D eigenvalue weighted by molar-refractivity contribution is -0.136. The van der Waals surface area contributed by atoms with Gasteiger partial charge in [-0.3, -0.25) is 9.59 Å². The van der Waals surface area contributed by atoms with E-state index in [0.717, 1.165) is 57.5 Å². The van der Waals surface area contributed by atoms with Gasteiger partial charge < -0.3 is 21.1 Å². The van der Waals surface area contributed by atoms with E-state index in [4.69, 9.17) is 16.2 Å². The lowest BCUT2D eigenvalue weighted by Crippen LogP contribution is -2.40. The number of anilines is 1. The summed E-state index contributed by atoms with van der Waals surface area (Å²) in [5.74, 6) is 0.0426. The van der Waals surface area contributed by atoms with Crippen molar-refractivity contribution in [3.8, 4) is 0 Å². The Morgan fingerprint density at radius 3 is 2.56 bits per heavy atom. The van der Waals surface area contributed by atoms with Crippen molar-refractivity contribution in [1.82, 2.24) is 9.88 Å². The standard InChI is InChI=1S/C18H26N4O3/c19-17-14(18(20)24)4-5-15(21-17)12-6-8-22(9-7-12)16(23)11-13-3-1-2-10-25-13/h4-5,12-13H,1-3,6-11H2,(H2,19,21)(H2,20,24)/t13-/m1/s1. The van der Waals surface area contributed by atoms with Crippen LogP contribution in [0.1, 0.15) is 60.5 Å². The molecule has 0 saturated carbocycles. The number of nitrogen functional groups attached to an aromatic ring is 1. The molecule has 136 valence electrons. The largest absolute Gasteiger partial charge is 0.383 e. The number of piperidine rings is 1. The molecule has 4 N–H and O–H groups in total. The summed E-state index contributed by atoms with van der Waals surface area (Å²) in [4.78, 5) is 29.9. The predicted molar refractivity (Wildman–Crippen MR) is 93.9 cm³/mol. The number of primary amides is 1. The Morgan fingerprint density at radius 2 is 1.96 bits per heavy atom. The lowest BCUT2D eigenvalue weighted by Gasteiger charge is -2.33. The van der Waals surface area contributed by atoms with Gasteiger partial charge in [0.05, 0.1) is 18.1 Å². The van der Waals surface area contributed by atoms with Crippen LogP contribution in [0.5, 0.6) is 0 Å². The average Bonchev–Trinajstić information content (AvgIpc) is 2.62. The number of aromatic nitrogens is 1. The van der Waals surface area contributed by atoms with Gasteiger partial charge in [-0.2, -0.15) is 0 Å². The van der Waals surface area contributed by atoms with Crippen LogP contribution >= 0.6 is 0 Å². The quantitative estimate of drug-likeness (QED) is 0.856. The number of hydrogen-bond donors (Lipinski definition) is 2. The number of amides is 2. The molecule has 0 radical (unpaired) electrons. The zero-order chi connectivity index (χ0) is 17.8. The highest BCUT2D eigenvalue weighted by atomic mass is 16.5. The van der Waals surface area contributed by atoms with E-state index >= 15 is 0 Å². The first kappa shape index (κ1) is 17.7. The molecule has 2 aliphatic heterocycles. The van der Waals surface area contributed by atoms with Crippen molar-refractivity contribution in [2.45, 2.75) is 50.5 Å². The van der Waals surface area contributed by atoms with Crippen LogP contribution in [0, 0.1) is 0 Å². The Labute approximate surface area is 147 Å². The fraction of sp³-hybridized carbons (Fsp3) is 0.611. The van der Waals surface area contributed by atoms with E-state index in [1.165, 1.54) is 0 Å². The van der Waals surface area contributed by atoms with E-state index in [2.05, 4.69) is 4.98 Å². The first-order chi connectivity index (χ1) is 12.0. The average molecular weight is 346 g/mol. The molecule has 3 heterocycles. The summed E-state index contributed by atoms with van der Waals surface area (Å²) in [5, 5.41) is 0. The van der Waals surface area contributed by atoms with Crippen LogP contribution in [0.4, 0.5) is 5.82 Å². The van der Waals surface area contributed by atoms with Crippen LogP contribution in [0.2, 0.25) is 0 Å². The van der Waals surface area contributed by atoms with Crippen molar-refractivity contribution in [1.29, 1.82) is 0 Å². The summed E-state index contributed by atoms with van der Waals surface area (Å²) in [6, 6.07) is 3.45. The lowest BCUT2D eigenvalue weighted by atomic mass is 9.92. The number of carbonyl (C=O) groups excluding carboxylic acids is 2. The second kappa shape index (κ2) is 7.82. The highest BCUT2D eigenvalue weighted by Gasteiger charge is 2.27. The number of carbonyl (C=O) groups is 2. The Hall–Kier alpha value is -2.15. The SMILES string of the molecule is NC(=O)c1ccc(C2CCN(C(=O)C[C@H]3CCCCO3)CC2)nc1N. The van der Waals surface area contributed by atoms with E-state index in [-0.39, 0.29) is 29.3 Å². The molecule has 2 saturated heterocycles. The van der Waals surface area contributed by atoms with Crippen molar-refractivity contribution < 1.29 is 14.3 Å². The number of ether oxygens (including phenoxy) is 1. The molecule has 0 aromatic carbocycles. The number of nitrogens with two attached hydrogens (primary N) is 2. The Balaban J connectivity index is 1.53. The van der Waals surface area contributed by atoms with Crippen LogP contribution < -0.4 is 11.5 Å². The van der Waals surface area contributed by atoms with Gasteiger partial charge in [0.2, 0.25) is 5.91 Å². The third kappa shape index (κ3) is 4.28. The van der Waals surface area contributed by atoms with Crippen molar-refractivity contribution in [2.75, 3.05) is 25.4 Å². The van der Waals surface area contributed by atoms with Crippen LogP contribution in [-0.2, 0) is 9.53 Å². The first-order valence-electron chi connectivity index (χ1n) is 9.00. The van der Waals surface area contributed by atoms with Crippen LogP contribution in [0.15, 0.2) is 12.1 Å². The second-order valence-corrected chi connectivity index (χ2v) is 6.88. The van der Waals surface area contributed by atoms with Gasteiger partial charge in [-0.25, -0.2) is 4.98 Å². The van der Waals surface area contributed by atoms with Crippen molar-refractivity contribution in [2.24, 2.45) is 5.73 Å². The maximum Gasteiger partial charge on any atom is 0.252 e. The maximum atomic E-state index is 12.4. The van der Waals surface area contributed by atoms with Gasteiger partial charge in [0.1, 0.15) is 5.82 Å². The number of hydrogen-bond acceptors (Lipinski definition) is 5. The molecule has 0 bridgehead atoms. The minimum atomic E-state index is -0.568. The minimum absolute atomic E-state index is 0.0850. The van der Waals surface area contributed by atoms with Gasteiger partial charge in [-0.15, -0.1) is 0 Å². The van der Waals surface area contributed by atoms with E-state index in [1.807, 2.05) is 11.0 Å². The first-order valence-corrected chi connectivity index (χ1v) is 9.00. The van der Waals surface area contributed by atoms with Crippen molar-refractivity contribution >= 4 is 17.6 Å². The summed E-state index contributed by atoms with van der Waals surface area (Å²) in [7, 11) is 0. The summed E-state index contributed by atoms with van der Waals surface area (Å²) in [5.41, 5.74) is 12.2. The number of likely N-dealkylation sites (tertiary alicyclic amines) is 1. The summed E-state index contributed by atoms with van der Waals surface area (Å²) in [6.45, 7) is 2.21. The Bertz CT molecular complexity index is 635. The Kier molecular flexibility index (Phi) is 5.53. The van der Waals surface area contributed by atoms with Crippen LogP contribution in [-0.4, -0.2) is 47.5 Å². The molecule has 0 unspecified atom stereocenters. The van der Waals surface area contributed by atoms with Gasteiger partial charge in [0.25, 0.3) is 5.91 Å². The number of pyridine rings is 1. The van der Waals surface area contributed by atoms with E-state index < -0.39 is 5.91 Å². The molecule has 3 rings (SSSR count). The zero-order valence-corrected chi connectivity index (χ0v) is 14.4. The molecule has 7 heteroatoms. The molecule has 2 amide bonds. The topological polar surface area (TPSA) is 112 Å². The van der Waals surface area contributed by atoms with Gasteiger partial charge in [0.15, 0.2) is 0 Å². The molecule has 1 aromatic heterocycles. The summed E-state index contributed by atoms with van der Waals surface area (Å²) < 4.78 is 5.66. The molecule has 0 aliphatic carbocycles. The summed E-state index contributed by atoms with van der Waals surface area (Å²) in [6.07, 6.45) is 5.50. The van der Waals surface area contributed by atoms with Crippen LogP contribution in [0.25, 0.3) is 0 Å². The third-order valence-electron chi connectivity index (χ3n) is 5.15. The molecule has 2 fully saturated rings. The molecular formula is C18H26N4O3. The fourth-order valence-corrected chi connectivity index (χ4v) is 3.64. The summed E-state index contributed by atoms with van der Waals surface area (Å²) >= 11 is 0. The van der Waals surface area contributed by atoms with Gasteiger partial charge in [-0.1, -0.05) is 0 Å². The third-order valence-corrected chi connectivity index (χ3v) is 5.15. The van der Waals surface area contributed by atoms with Crippen LogP contribution in [0.3, 0.4) is 0 Å². The van der Waals surface area contributed by atoms with E-state index in [0.29, 0.717) is 6.42 Å². The molecule has 1 atom stereocenters. The minimum Gasteiger partial charge on any atom is -0.383 e. The second-order valence-electron chi connectivity index (χ2n) is 6.88. The van der Waals surface area contributed by atoms with Crippen molar-refractivity contribution in [3.63, 3.8) is 0 Å². The van der Waals surface area contributed by atoms with E-state index in [9.17, 15) is 9.59 Å². The fourth-order valence-electron chi connectivity index (χ4n) is 3.64. The molecular weight excluding hydrogens is 320 g/mol. The highest BCUT2D eigenvalue weighted by molar-refractivity contribution is 5.97. The molecule has 0 spiro atoms. The Morgan fingerprint density at radius 1 is 1.20 bits per heavy atom. The van der Waals surface area contributed by atoms with Gasteiger partial charge in [0, 0.05) is 31.3 Å². The molecule has 1 aromatic rings. The number of rotatable bonds is 4. The normalized spacial score (nSPS) is 21.9. The van der Waals surface area contributed by atoms with E-state index in [1.54, 1.807) is 6.07 Å². The van der Waals surface area contributed by atoms with Crippen molar-refractivity contribution in [3.05, 3.63) is 23.4 Å². The monoisotopic (exact) mass is 346 g/mol. The van der Waals surface area contributed by atoms with Gasteiger partial charge in [-0.05, 0) is 44.2 Å². The van der Waals surface area contributed by atoms with Gasteiger partial charge >= 0.3 is 0 Å². The molecule has 2 aliphatic rings.